The maximum Gasteiger partial charge on any atom is 0.136 e. The van der Waals surface area contributed by atoms with Gasteiger partial charge in [-0.05, 0) is 32.1 Å². The molecule has 0 aromatic heterocycles. The van der Waals surface area contributed by atoms with Crippen LogP contribution in [0.3, 0.4) is 0 Å². The average Bonchev–Trinajstić information content (AvgIpc) is 2.20. The van der Waals surface area contributed by atoms with Crippen LogP contribution in [0.4, 0.5) is 0 Å². The number of aliphatic hydroxyl groups is 2. The number of ketones is 1. The molecule has 2 rings (SSSR count). The molecular formula is C14H22O3. The van der Waals surface area contributed by atoms with E-state index in [9.17, 15) is 15.0 Å². The van der Waals surface area contributed by atoms with Gasteiger partial charge in [-0.2, -0.15) is 0 Å². The van der Waals surface area contributed by atoms with Crippen LogP contribution < -0.4 is 0 Å². The Bertz CT molecular complexity index is 360. The number of hydrogen-bond acceptors (Lipinski definition) is 3. The molecular weight excluding hydrogens is 216 g/mol. The maximum atomic E-state index is 11.8. The number of hydrogen-bond donors (Lipinski definition) is 2. The smallest absolute Gasteiger partial charge is 0.136 e. The lowest BCUT2D eigenvalue weighted by molar-refractivity contribution is -0.134. The van der Waals surface area contributed by atoms with Crippen molar-refractivity contribution < 1.29 is 15.0 Å². The van der Waals surface area contributed by atoms with Crippen LogP contribution in [0.2, 0.25) is 0 Å². The second-order valence-corrected chi connectivity index (χ2v) is 5.87. The quantitative estimate of drug-likeness (QED) is 0.683. The Hall–Kier alpha value is -0.670. The average molecular weight is 238 g/mol. The summed E-state index contributed by atoms with van der Waals surface area (Å²) < 4.78 is 0. The van der Waals surface area contributed by atoms with Gasteiger partial charge >= 0.3 is 0 Å². The van der Waals surface area contributed by atoms with Crippen LogP contribution in [0.5, 0.6) is 0 Å². The molecule has 2 aliphatic rings. The van der Waals surface area contributed by atoms with Crippen LogP contribution in [0.15, 0.2) is 11.6 Å². The zero-order valence-corrected chi connectivity index (χ0v) is 10.8. The first-order valence-electron chi connectivity index (χ1n) is 6.45. The van der Waals surface area contributed by atoms with Gasteiger partial charge in [-0.1, -0.05) is 25.5 Å². The first-order valence-corrected chi connectivity index (χ1v) is 6.45. The van der Waals surface area contributed by atoms with E-state index in [0.29, 0.717) is 12.8 Å². The molecule has 0 aromatic rings. The van der Waals surface area contributed by atoms with Crippen LogP contribution in [-0.2, 0) is 4.79 Å². The van der Waals surface area contributed by atoms with Crippen molar-refractivity contribution in [1.82, 2.24) is 0 Å². The van der Waals surface area contributed by atoms with Crippen molar-refractivity contribution in [3.63, 3.8) is 0 Å². The van der Waals surface area contributed by atoms with Crippen LogP contribution in [0, 0.1) is 17.3 Å². The van der Waals surface area contributed by atoms with E-state index in [2.05, 4.69) is 13.8 Å². The van der Waals surface area contributed by atoms with Gasteiger partial charge < -0.3 is 10.2 Å². The van der Waals surface area contributed by atoms with E-state index < -0.39 is 12.2 Å². The molecule has 0 bridgehead atoms. The van der Waals surface area contributed by atoms with Gasteiger partial charge in [0.1, 0.15) is 5.78 Å². The third-order valence-corrected chi connectivity index (χ3v) is 4.88. The summed E-state index contributed by atoms with van der Waals surface area (Å²) in [5.74, 6) is -0.0276. The van der Waals surface area contributed by atoms with Gasteiger partial charge in [-0.15, -0.1) is 0 Å². The first-order chi connectivity index (χ1) is 7.87. The third-order valence-electron chi connectivity index (χ3n) is 4.88. The number of Topliss-reactive ketones (excluding diaryl/α,β-unsaturated/α-hetero) is 1. The third kappa shape index (κ3) is 1.85. The number of carbonyl (C=O) groups excluding carboxylic acids is 1. The summed E-state index contributed by atoms with van der Waals surface area (Å²) in [6.07, 6.45) is 3.08. The second kappa shape index (κ2) is 4.21. The van der Waals surface area contributed by atoms with Crippen molar-refractivity contribution in [3.8, 4) is 0 Å². The Morgan fingerprint density at radius 2 is 2.12 bits per heavy atom. The van der Waals surface area contributed by atoms with Gasteiger partial charge in [0.15, 0.2) is 0 Å². The summed E-state index contributed by atoms with van der Waals surface area (Å²) in [5.41, 5.74) is 0.886. The van der Waals surface area contributed by atoms with Crippen molar-refractivity contribution in [2.24, 2.45) is 17.3 Å². The fraction of sp³-hybridized carbons (Fsp3) is 0.786. The number of allylic oxidation sites excluding steroid dienone is 1. The highest BCUT2D eigenvalue weighted by atomic mass is 16.3. The van der Waals surface area contributed by atoms with E-state index >= 15 is 0 Å². The Balaban J connectivity index is 2.46. The summed E-state index contributed by atoms with van der Waals surface area (Å²) in [7, 11) is 0. The van der Waals surface area contributed by atoms with Crippen molar-refractivity contribution in [2.45, 2.75) is 52.2 Å². The van der Waals surface area contributed by atoms with E-state index in [1.807, 2.05) is 6.08 Å². The van der Waals surface area contributed by atoms with Gasteiger partial charge in [0.2, 0.25) is 0 Å². The van der Waals surface area contributed by atoms with Gasteiger partial charge in [-0.3, -0.25) is 4.79 Å². The normalized spacial score (nSPS) is 46.1. The Kier molecular flexibility index (Phi) is 3.17. The minimum absolute atomic E-state index is 0.0637. The Morgan fingerprint density at radius 3 is 2.71 bits per heavy atom. The number of carbonyl (C=O) groups is 1. The molecule has 0 radical (unpaired) electrons. The van der Waals surface area contributed by atoms with E-state index in [-0.39, 0.29) is 23.0 Å². The number of aliphatic hydroxyl groups excluding tert-OH is 2. The molecule has 2 aliphatic carbocycles. The summed E-state index contributed by atoms with van der Waals surface area (Å²) in [6, 6.07) is 0. The highest BCUT2D eigenvalue weighted by Gasteiger charge is 2.51. The van der Waals surface area contributed by atoms with Crippen molar-refractivity contribution in [3.05, 3.63) is 11.6 Å². The van der Waals surface area contributed by atoms with Crippen molar-refractivity contribution in [2.75, 3.05) is 0 Å². The highest BCUT2D eigenvalue weighted by molar-refractivity contribution is 5.80. The zero-order valence-electron chi connectivity index (χ0n) is 10.8. The Morgan fingerprint density at radius 1 is 1.47 bits per heavy atom. The summed E-state index contributed by atoms with van der Waals surface area (Å²) in [6.45, 7) is 5.72. The zero-order chi connectivity index (χ0) is 12.8. The fourth-order valence-electron chi connectivity index (χ4n) is 3.83. The molecule has 0 aliphatic heterocycles. The molecule has 0 unspecified atom stereocenters. The van der Waals surface area contributed by atoms with E-state index in [1.54, 1.807) is 6.92 Å². The molecule has 17 heavy (non-hydrogen) atoms. The van der Waals surface area contributed by atoms with Gasteiger partial charge in [0, 0.05) is 5.41 Å². The molecule has 1 saturated carbocycles. The molecule has 0 heterocycles. The minimum Gasteiger partial charge on any atom is -0.392 e. The SMILES string of the molecule is CC(=O)[C@H]1[C@@H](O)CCC2=C[C@H](O)C[C@H](C)[C@]21C. The second-order valence-electron chi connectivity index (χ2n) is 5.87. The largest absolute Gasteiger partial charge is 0.392 e. The summed E-state index contributed by atoms with van der Waals surface area (Å²) in [5, 5.41) is 19.9. The van der Waals surface area contributed by atoms with E-state index in [1.165, 1.54) is 0 Å². The molecule has 0 aromatic carbocycles. The molecule has 3 heteroatoms. The lowest BCUT2D eigenvalue weighted by atomic mass is 9.53. The summed E-state index contributed by atoms with van der Waals surface area (Å²) in [4.78, 5) is 11.8. The number of rotatable bonds is 1. The molecule has 2 N–H and O–H groups in total. The van der Waals surface area contributed by atoms with Crippen LogP contribution >= 0.6 is 0 Å². The van der Waals surface area contributed by atoms with Crippen molar-refractivity contribution >= 4 is 5.78 Å². The molecule has 0 spiro atoms. The van der Waals surface area contributed by atoms with Crippen LogP contribution in [-0.4, -0.2) is 28.2 Å². The van der Waals surface area contributed by atoms with E-state index in [4.69, 9.17) is 0 Å². The van der Waals surface area contributed by atoms with E-state index in [0.717, 1.165) is 12.0 Å². The fourth-order valence-corrected chi connectivity index (χ4v) is 3.83. The minimum atomic E-state index is -0.535. The van der Waals surface area contributed by atoms with Crippen LogP contribution in [0.1, 0.15) is 40.0 Å². The van der Waals surface area contributed by atoms with Gasteiger partial charge in [0.25, 0.3) is 0 Å². The lowest BCUT2D eigenvalue weighted by Gasteiger charge is -2.51. The lowest BCUT2D eigenvalue weighted by Crippen LogP contribution is -2.51. The standard InChI is InChI=1S/C14H22O3/c1-8-6-11(16)7-10-4-5-12(17)13(9(2)15)14(8,10)3/h7-8,11-13,16-17H,4-6H2,1-3H3/t8-,11+,12-,13-,14+/m0/s1. The molecule has 0 saturated heterocycles. The van der Waals surface area contributed by atoms with Gasteiger partial charge in [-0.25, -0.2) is 0 Å². The molecule has 96 valence electrons. The molecule has 1 fully saturated rings. The maximum absolute atomic E-state index is 11.8. The predicted molar refractivity (Wildman–Crippen MR) is 65.4 cm³/mol. The molecule has 0 amide bonds. The molecule has 3 nitrogen and oxygen atoms in total. The number of fused-ring (bicyclic) bond motifs is 1. The highest BCUT2D eigenvalue weighted by Crippen LogP contribution is 2.53. The predicted octanol–water partition coefficient (Wildman–Crippen LogP) is 1.68. The topological polar surface area (TPSA) is 57.5 Å². The Labute approximate surface area is 103 Å². The first kappa shape index (κ1) is 12.8. The van der Waals surface area contributed by atoms with Gasteiger partial charge in [0.05, 0.1) is 18.1 Å². The van der Waals surface area contributed by atoms with Crippen molar-refractivity contribution in [1.29, 1.82) is 0 Å². The summed E-state index contributed by atoms with van der Waals surface area (Å²) >= 11 is 0. The monoisotopic (exact) mass is 238 g/mol. The molecule has 5 atom stereocenters. The van der Waals surface area contributed by atoms with Crippen LogP contribution in [0.25, 0.3) is 0 Å².